The van der Waals surface area contributed by atoms with E-state index in [9.17, 15) is 14.7 Å². The molecule has 0 aliphatic heterocycles. The summed E-state index contributed by atoms with van der Waals surface area (Å²) in [5, 5.41) is 12.5. The Labute approximate surface area is 164 Å². The number of rotatable bonds is 7. The lowest BCUT2D eigenvalue weighted by atomic mass is 9.90. The maximum atomic E-state index is 12.6. The Morgan fingerprint density at radius 3 is 2.50 bits per heavy atom. The number of carbonyl (C=O) groups is 2. The highest BCUT2D eigenvalue weighted by Gasteiger charge is 2.39. The zero-order valence-electron chi connectivity index (χ0n) is 15.9. The third-order valence-corrected chi connectivity index (χ3v) is 5.14. The third-order valence-electron chi connectivity index (χ3n) is 5.14. The number of hydrogen-bond donors (Lipinski definition) is 2. The van der Waals surface area contributed by atoms with Gasteiger partial charge in [-0.2, -0.15) is 0 Å². The number of aromatic nitrogens is 1. The predicted octanol–water partition coefficient (Wildman–Crippen LogP) is 3.50. The van der Waals surface area contributed by atoms with Gasteiger partial charge in [0.25, 0.3) is 0 Å². The number of amides is 1. The lowest BCUT2D eigenvalue weighted by Gasteiger charge is -2.29. The third kappa shape index (κ3) is 5.31. The molecule has 0 spiro atoms. The highest BCUT2D eigenvalue weighted by atomic mass is 16.5. The number of pyridine rings is 1. The van der Waals surface area contributed by atoms with Crippen LogP contribution in [0.4, 0.5) is 0 Å². The Hall–Kier alpha value is -2.89. The van der Waals surface area contributed by atoms with E-state index in [-0.39, 0.29) is 12.3 Å². The summed E-state index contributed by atoms with van der Waals surface area (Å²) in [6.07, 6.45) is 8.23. The quantitative estimate of drug-likeness (QED) is 0.716. The van der Waals surface area contributed by atoms with Gasteiger partial charge in [0.05, 0.1) is 6.42 Å². The number of benzene rings is 1. The summed E-state index contributed by atoms with van der Waals surface area (Å²) >= 11 is 0. The number of nitrogens with zero attached hydrogens (tertiary/aromatic N) is 1. The first kappa shape index (κ1) is 19.9. The van der Waals surface area contributed by atoms with Crippen LogP contribution in [0.15, 0.2) is 48.8 Å². The molecule has 6 nitrogen and oxygen atoms in total. The fourth-order valence-electron chi connectivity index (χ4n) is 3.62. The molecule has 1 aromatic carbocycles. The van der Waals surface area contributed by atoms with E-state index >= 15 is 0 Å². The molecule has 0 bridgehead atoms. The van der Waals surface area contributed by atoms with Crippen molar-refractivity contribution in [2.45, 2.75) is 57.1 Å². The van der Waals surface area contributed by atoms with Gasteiger partial charge in [0.2, 0.25) is 5.91 Å². The number of nitrogens with one attached hydrogen (secondary N) is 1. The van der Waals surface area contributed by atoms with Crippen LogP contribution >= 0.6 is 0 Å². The van der Waals surface area contributed by atoms with Crippen molar-refractivity contribution in [2.24, 2.45) is 0 Å². The number of ether oxygens (including phenoxy) is 1. The van der Waals surface area contributed by atoms with E-state index in [1.54, 1.807) is 12.4 Å². The minimum absolute atomic E-state index is 0.124. The maximum absolute atomic E-state index is 12.6. The van der Waals surface area contributed by atoms with Crippen LogP contribution in [-0.2, 0) is 22.6 Å². The van der Waals surface area contributed by atoms with Crippen molar-refractivity contribution < 1.29 is 19.4 Å². The van der Waals surface area contributed by atoms with Crippen LogP contribution in [0.2, 0.25) is 0 Å². The van der Waals surface area contributed by atoms with Gasteiger partial charge in [-0.25, -0.2) is 4.79 Å². The summed E-state index contributed by atoms with van der Waals surface area (Å²) in [4.78, 5) is 28.5. The Balaban J connectivity index is 1.61. The Morgan fingerprint density at radius 2 is 1.82 bits per heavy atom. The van der Waals surface area contributed by atoms with Crippen LogP contribution in [0.3, 0.4) is 0 Å². The summed E-state index contributed by atoms with van der Waals surface area (Å²) in [6, 6.07) is 11.1. The Morgan fingerprint density at radius 1 is 1.07 bits per heavy atom. The fourth-order valence-corrected chi connectivity index (χ4v) is 3.62. The second-order valence-electron chi connectivity index (χ2n) is 7.32. The van der Waals surface area contributed by atoms with Gasteiger partial charge in [-0.05, 0) is 36.6 Å². The SMILES string of the molecule is O=C(Cc1cccc(OCc2cccnc2)c1)NC1(C(=O)O)CCCCCC1. The standard InChI is InChI=1S/C22H26N2O4/c25-20(24-22(21(26)27)10-3-1-2-4-11-22)14-17-7-5-9-19(13-17)28-16-18-8-6-12-23-15-18/h5-9,12-13,15H,1-4,10-11,14,16H2,(H,24,25)(H,26,27). The first-order chi connectivity index (χ1) is 13.6. The van der Waals surface area contributed by atoms with Crippen molar-refractivity contribution in [3.05, 3.63) is 59.9 Å². The van der Waals surface area contributed by atoms with Crippen molar-refractivity contribution in [3.63, 3.8) is 0 Å². The number of carbonyl (C=O) groups excluding carboxylic acids is 1. The highest BCUT2D eigenvalue weighted by Crippen LogP contribution is 2.27. The van der Waals surface area contributed by atoms with Gasteiger partial charge in [0.15, 0.2) is 0 Å². The van der Waals surface area contributed by atoms with E-state index in [0.29, 0.717) is 25.2 Å². The number of carboxylic acids is 1. The average molecular weight is 382 g/mol. The molecular formula is C22H26N2O4. The number of hydrogen-bond acceptors (Lipinski definition) is 4. The van der Waals surface area contributed by atoms with Gasteiger partial charge in [0, 0.05) is 18.0 Å². The largest absolute Gasteiger partial charge is 0.489 e. The molecule has 1 aliphatic carbocycles. The van der Waals surface area contributed by atoms with E-state index < -0.39 is 11.5 Å². The van der Waals surface area contributed by atoms with Crippen LogP contribution in [0.25, 0.3) is 0 Å². The zero-order valence-corrected chi connectivity index (χ0v) is 15.9. The lowest BCUT2D eigenvalue weighted by molar-refractivity contribution is -0.148. The van der Waals surface area contributed by atoms with Crippen LogP contribution in [0.1, 0.15) is 49.7 Å². The molecule has 1 fully saturated rings. The molecule has 6 heteroatoms. The van der Waals surface area contributed by atoms with Gasteiger partial charge in [-0.15, -0.1) is 0 Å². The van der Waals surface area contributed by atoms with Crippen LogP contribution in [0, 0.1) is 0 Å². The molecule has 0 atom stereocenters. The molecule has 0 unspecified atom stereocenters. The van der Waals surface area contributed by atoms with E-state index in [1.165, 1.54) is 0 Å². The molecule has 2 aromatic rings. The predicted molar refractivity (Wildman–Crippen MR) is 105 cm³/mol. The molecule has 0 saturated heterocycles. The normalized spacial score (nSPS) is 16.0. The van der Waals surface area contributed by atoms with Crippen molar-refractivity contribution in [2.75, 3.05) is 0 Å². The first-order valence-corrected chi connectivity index (χ1v) is 9.72. The summed E-state index contributed by atoms with van der Waals surface area (Å²) in [7, 11) is 0. The van der Waals surface area contributed by atoms with E-state index in [0.717, 1.165) is 36.8 Å². The average Bonchev–Trinajstić information content (AvgIpc) is 2.94. The van der Waals surface area contributed by atoms with E-state index in [2.05, 4.69) is 10.3 Å². The molecule has 1 amide bonds. The molecular weight excluding hydrogens is 356 g/mol. The number of aliphatic carboxylic acids is 1. The molecule has 148 valence electrons. The van der Waals surface area contributed by atoms with Crippen molar-refractivity contribution in [1.82, 2.24) is 10.3 Å². The lowest BCUT2D eigenvalue weighted by Crippen LogP contribution is -2.54. The fraction of sp³-hybridized carbons (Fsp3) is 0.409. The van der Waals surface area contributed by atoms with Crippen LogP contribution in [0.5, 0.6) is 5.75 Å². The summed E-state index contributed by atoms with van der Waals surface area (Å²) < 4.78 is 5.77. The van der Waals surface area contributed by atoms with Crippen LogP contribution < -0.4 is 10.1 Å². The van der Waals surface area contributed by atoms with Crippen molar-refractivity contribution in [3.8, 4) is 5.75 Å². The maximum Gasteiger partial charge on any atom is 0.329 e. The van der Waals surface area contributed by atoms with Crippen molar-refractivity contribution in [1.29, 1.82) is 0 Å². The Bertz CT molecular complexity index is 799. The summed E-state index contributed by atoms with van der Waals surface area (Å²) in [5.41, 5.74) is 0.611. The minimum Gasteiger partial charge on any atom is -0.489 e. The molecule has 2 N–H and O–H groups in total. The second kappa shape index (κ2) is 9.35. The molecule has 3 rings (SSSR count). The van der Waals surface area contributed by atoms with Gasteiger partial charge in [-0.3, -0.25) is 9.78 Å². The second-order valence-corrected chi connectivity index (χ2v) is 7.32. The Kier molecular flexibility index (Phi) is 6.63. The molecule has 1 heterocycles. The van der Waals surface area contributed by atoms with Gasteiger partial charge in [0.1, 0.15) is 17.9 Å². The van der Waals surface area contributed by atoms with Gasteiger partial charge >= 0.3 is 5.97 Å². The molecule has 28 heavy (non-hydrogen) atoms. The molecule has 0 radical (unpaired) electrons. The highest BCUT2D eigenvalue weighted by molar-refractivity contribution is 5.88. The smallest absolute Gasteiger partial charge is 0.329 e. The monoisotopic (exact) mass is 382 g/mol. The topological polar surface area (TPSA) is 88.5 Å². The zero-order chi connectivity index (χ0) is 19.8. The molecule has 1 saturated carbocycles. The number of carboxylic acid groups (broad SMARTS) is 1. The first-order valence-electron chi connectivity index (χ1n) is 9.72. The summed E-state index contributed by atoms with van der Waals surface area (Å²) in [6.45, 7) is 0.394. The molecule has 1 aliphatic rings. The minimum atomic E-state index is -1.14. The molecule has 1 aromatic heterocycles. The van der Waals surface area contributed by atoms with Gasteiger partial charge in [-0.1, -0.05) is 43.9 Å². The van der Waals surface area contributed by atoms with E-state index in [4.69, 9.17) is 4.74 Å². The van der Waals surface area contributed by atoms with Crippen LogP contribution in [-0.4, -0.2) is 27.5 Å². The van der Waals surface area contributed by atoms with Gasteiger partial charge < -0.3 is 15.2 Å². The van der Waals surface area contributed by atoms with Crippen molar-refractivity contribution >= 4 is 11.9 Å². The van der Waals surface area contributed by atoms with E-state index in [1.807, 2.05) is 36.4 Å². The summed E-state index contributed by atoms with van der Waals surface area (Å²) in [5.74, 6) is -0.540.